The smallest absolute Gasteiger partial charge is 0.0885 e. The van der Waals surface area contributed by atoms with Gasteiger partial charge in [0.05, 0.1) is 11.5 Å². The summed E-state index contributed by atoms with van der Waals surface area (Å²) in [7, 11) is 0. The molecule has 1 unspecified atom stereocenters. The fourth-order valence-corrected chi connectivity index (χ4v) is 2.93. The molecule has 1 fully saturated rings. The predicted molar refractivity (Wildman–Crippen MR) is 69.6 cm³/mol. The van der Waals surface area contributed by atoms with Gasteiger partial charge in [-0.05, 0) is 28.2 Å². The van der Waals surface area contributed by atoms with Gasteiger partial charge in [-0.15, -0.1) is 0 Å². The maximum absolute atomic E-state index is 9.56. The molecule has 0 saturated heterocycles. The Bertz CT molecular complexity index is 628. The average molecular weight is 221 g/mol. The summed E-state index contributed by atoms with van der Waals surface area (Å²) in [5, 5.41) is 12.0. The summed E-state index contributed by atoms with van der Waals surface area (Å²) in [6.45, 7) is 4.36. The maximum Gasteiger partial charge on any atom is 0.0885 e. The Kier molecular flexibility index (Phi) is 1.89. The average Bonchev–Trinajstić information content (AvgIpc) is 2.92. The molecule has 0 radical (unpaired) electrons. The van der Waals surface area contributed by atoms with Crippen LogP contribution in [0.2, 0.25) is 0 Å². The Morgan fingerprint density at radius 2 is 1.71 bits per heavy atom. The molecule has 1 nitrogen and oxygen atoms in total. The van der Waals surface area contributed by atoms with Crippen molar-refractivity contribution in [2.75, 3.05) is 0 Å². The molecule has 1 aliphatic rings. The van der Waals surface area contributed by atoms with Gasteiger partial charge in [0, 0.05) is 0 Å². The predicted octanol–water partition coefficient (Wildman–Crippen LogP) is 4.03. The van der Waals surface area contributed by atoms with Gasteiger partial charge >= 0.3 is 0 Å². The normalized spacial score (nSPS) is 25.5. The second-order valence-electron chi connectivity index (χ2n) is 5.60. The monoisotopic (exact) mass is 221 g/mol. The van der Waals surface area contributed by atoms with E-state index < -0.39 is 0 Å². The molecule has 1 aliphatic carbocycles. The van der Waals surface area contributed by atoms with E-state index in [4.69, 9.17) is 0 Å². The molecular weight excluding hydrogens is 206 g/mol. The van der Waals surface area contributed by atoms with Crippen molar-refractivity contribution in [2.45, 2.75) is 25.7 Å². The number of hydrogen-bond donors (Lipinski definition) is 0. The minimum atomic E-state index is -0.284. The van der Waals surface area contributed by atoms with Gasteiger partial charge in [-0.25, -0.2) is 0 Å². The first-order valence-electron chi connectivity index (χ1n) is 6.00. The lowest BCUT2D eigenvalue weighted by molar-refractivity contribution is 0.572. The number of nitriles is 1. The third-order valence-corrected chi connectivity index (χ3v) is 4.18. The zero-order valence-electron chi connectivity index (χ0n) is 10.2. The van der Waals surface area contributed by atoms with Gasteiger partial charge in [0.2, 0.25) is 0 Å². The molecule has 0 spiro atoms. The largest absolute Gasteiger partial charge is 0.197 e. The van der Waals surface area contributed by atoms with Gasteiger partial charge in [0.15, 0.2) is 0 Å². The van der Waals surface area contributed by atoms with E-state index in [1.54, 1.807) is 0 Å². The van der Waals surface area contributed by atoms with Crippen molar-refractivity contribution in [3.63, 3.8) is 0 Å². The summed E-state index contributed by atoms with van der Waals surface area (Å²) in [6.07, 6.45) is 0.963. The van der Waals surface area contributed by atoms with E-state index in [0.717, 1.165) is 6.42 Å². The number of rotatable bonds is 1. The van der Waals surface area contributed by atoms with Gasteiger partial charge in [-0.2, -0.15) is 5.26 Å². The third-order valence-electron chi connectivity index (χ3n) is 4.18. The Labute approximate surface area is 102 Å². The first kappa shape index (κ1) is 10.4. The molecule has 3 rings (SSSR count). The quantitative estimate of drug-likeness (QED) is 0.713. The molecule has 0 N–H and O–H groups in total. The van der Waals surface area contributed by atoms with Crippen LogP contribution in [-0.2, 0) is 5.41 Å². The highest BCUT2D eigenvalue weighted by molar-refractivity contribution is 5.88. The molecule has 0 amide bonds. The molecular formula is C16H15N. The molecule has 1 saturated carbocycles. The number of hydrogen-bond acceptors (Lipinski definition) is 1. The lowest BCUT2D eigenvalue weighted by Gasteiger charge is -2.15. The zero-order chi connectivity index (χ0) is 12.1. The lowest BCUT2D eigenvalue weighted by atomic mass is 9.86. The summed E-state index contributed by atoms with van der Waals surface area (Å²) in [6, 6.07) is 17.2. The molecule has 1 atom stereocenters. The SMILES string of the molecule is CC1(C)CC1(C#N)c1cccc2ccccc12. The van der Waals surface area contributed by atoms with Crippen molar-refractivity contribution in [1.82, 2.24) is 0 Å². The van der Waals surface area contributed by atoms with Crippen LogP contribution < -0.4 is 0 Å². The van der Waals surface area contributed by atoms with Crippen molar-refractivity contribution < 1.29 is 0 Å². The second-order valence-corrected chi connectivity index (χ2v) is 5.60. The van der Waals surface area contributed by atoms with E-state index in [2.05, 4.69) is 50.2 Å². The van der Waals surface area contributed by atoms with Gasteiger partial charge in [-0.3, -0.25) is 0 Å². The van der Waals surface area contributed by atoms with Crippen molar-refractivity contribution in [3.05, 3.63) is 48.0 Å². The fourth-order valence-electron chi connectivity index (χ4n) is 2.93. The van der Waals surface area contributed by atoms with Crippen LogP contribution >= 0.6 is 0 Å². The van der Waals surface area contributed by atoms with E-state index >= 15 is 0 Å². The molecule has 0 aromatic heterocycles. The summed E-state index contributed by atoms with van der Waals surface area (Å²) in [5.74, 6) is 0. The fraction of sp³-hybridized carbons (Fsp3) is 0.312. The van der Waals surface area contributed by atoms with Gasteiger partial charge in [0.1, 0.15) is 0 Å². The van der Waals surface area contributed by atoms with Crippen molar-refractivity contribution in [2.24, 2.45) is 5.41 Å². The first-order valence-corrected chi connectivity index (χ1v) is 6.00. The summed E-state index contributed by atoms with van der Waals surface area (Å²) in [5.41, 5.74) is 1.02. The van der Waals surface area contributed by atoms with Crippen LogP contribution in [0.5, 0.6) is 0 Å². The third kappa shape index (κ3) is 1.24. The van der Waals surface area contributed by atoms with Crippen molar-refractivity contribution >= 4 is 10.8 Å². The minimum Gasteiger partial charge on any atom is -0.197 e. The van der Waals surface area contributed by atoms with Crippen LogP contribution in [0.15, 0.2) is 42.5 Å². The Morgan fingerprint density at radius 3 is 2.35 bits per heavy atom. The number of benzene rings is 2. The highest BCUT2D eigenvalue weighted by Gasteiger charge is 2.63. The van der Waals surface area contributed by atoms with Crippen LogP contribution in [0, 0.1) is 16.7 Å². The molecule has 84 valence electrons. The maximum atomic E-state index is 9.56. The Hall–Kier alpha value is -1.81. The molecule has 2 aromatic rings. The lowest BCUT2D eigenvalue weighted by Crippen LogP contribution is -2.12. The van der Waals surface area contributed by atoms with Gasteiger partial charge < -0.3 is 0 Å². The molecule has 0 heterocycles. The standard InChI is InChI=1S/C16H15N/c1-15(2)10-16(15,11-17)14-9-5-7-12-6-3-4-8-13(12)14/h3-9H,10H2,1-2H3. The Balaban J connectivity index is 2.30. The first-order chi connectivity index (χ1) is 8.11. The van der Waals surface area contributed by atoms with Crippen molar-refractivity contribution in [3.8, 4) is 6.07 Å². The minimum absolute atomic E-state index is 0.103. The number of fused-ring (bicyclic) bond motifs is 1. The van der Waals surface area contributed by atoms with Crippen LogP contribution in [0.4, 0.5) is 0 Å². The highest BCUT2D eigenvalue weighted by atomic mass is 14.6. The van der Waals surface area contributed by atoms with Gasteiger partial charge in [0.25, 0.3) is 0 Å². The van der Waals surface area contributed by atoms with E-state index in [0.29, 0.717) is 0 Å². The molecule has 17 heavy (non-hydrogen) atoms. The summed E-state index contributed by atoms with van der Waals surface area (Å²) < 4.78 is 0. The highest BCUT2D eigenvalue weighted by Crippen LogP contribution is 2.64. The van der Waals surface area contributed by atoms with Crippen molar-refractivity contribution in [1.29, 1.82) is 5.26 Å². The van der Waals surface area contributed by atoms with E-state index in [9.17, 15) is 5.26 Å². The Morgan fingerprint density at radius 1 is 1.06 bits per heavy atom. The van der Waals surface area contributed by atoms with Crippen LogP contribution in [0.1, 0.15) is 25.8 Å². The zero-order valence-corrected chi connectivity index (χ0v) is 10.2. The molecule has 1 heteroatoms. The topological polar surface area (TPSA) is 23.8 Å². The molecule has 0 aliphatic heterocycles. The second kappa shape index (κ2) is 3.11. The summed E-state index contributed by atoms with van der Waals surface area (Å²) in [4.78, 5) is 0. The molecule has 0 bridgehead atoms. The summed E-state index contributed by atoms with van der Waals surface area (Å²) >= 11 is 0. The van der Waals surface area contributed by atoms with E-state index in [1.165, 1.54) is 16.3 Å². The van der Waals surface area contributed by atoms with Crippen LogP contribution in [0.25, 0.3) is 10.8 Å². The number of nitrogens with zero attached hydrogens (tertiary/aromatic N) is 1. The van der Waals surface area contributed by atoms with Crippen LogP contribution in [-0.4, -0.2) is 0 Å². The van der Waals surface area contributed by atoms with Crippen LogP contribution in [0.3, 0.4) is 0 Å². The molecule has 2 aromatic carbocycles. The van der Waals surface area contributed by atoms with Gasteiger partial charge in [-0.1, -0.05) is 56.3 Å². The van der Waals surface area contributed by atoms with E-state index in [-0.39, 0.29) is 10.8 Å². The van der Waals surface area contributed by atoms with E-state index in [1.807, 2.05) is 12.1 Å².